The number of carbonyl (C=O) groups is 2. The third-order valence-corrected chi connectivity index (χ3v) is 4.96. The van der Waals surface area contributed by atoms with Crippen LogP contribution in [-0.4, -0.2) is 66.9 Å². The fourth-order valence-electron chi connectivity index (χ4n) is 2.88. The highest BCUT2D eigenvalue weighted by atomic mass is 32.1. The number of pyridine rings is 1. The van der Waals surface area contributed by atoms with Crippen molar-refractivity contribution >= 4 is 29.0 Å². The van der Waals surface area contributed by atoms with Crippen LogP contribution in [0.25, 0.3) is 0 Å². The lowest BCUT2D eigenvalue weighted by Gasteiger charge is -2.23. The molecule has 132 valence electrons. The van der Waals surface area contributed by atoms with Crippen molar-refractivity contribution in [2.24, 2.45) is 0 Å². The number of nitrogens with zero attached hydrogens (tertiary/aromatic N) is 4. The van der Waals surface area contributed by atoms with Crippen LogP contribution in [0.1, 0.15) is 27.1 Å². The molecule has 25 heavy (non-hydrogen) atoms. The number of anilines is 1. The third-order valence-electron chi connectivity index (χ3n) is 4.28. The van der Waals surface area contributed by atoms with Crippen LogP contribution >= 0.6 is 11.3 Å². The van der Waals surface area contributed by atoms with E-state index in [1.54, 1.807) is 31.6 Å². The summed E-state index contributed by atoms with van der Waals surface area (Å²) in [6, 6.07) is 5.56. The molecular weight excluding hydrogens is 336 g/mol. The number of hydrogen-bond acceptors (Lipinski definition) is 5. The lowest BCUT2D eigenvalue weighted by molar-refractivity contribution is 0.0766. The van der Waals surface area contributed by atoms with Gasteiger partial charge in [-0.25, -0.2) is 4.98 Å². The Morgan fingerprint density at radius 3 is 2.56 bits per heavy atom. The van der Waals surface area contributed by atoms with Gasteiger partial charge in [0.2, 0.25) is 0 Å². The topological polar surface area (TPSA) is 56.8 Å². The fourth-order valence-corrected chi connectivity index (χ4v) is 3.51. The van der Waals surface area contributed by atoms with E-state index < -0.39 is 0 Å². The molecule has 0 aliphatic carbocycles. The van der Waals surface area contributed by atoms with Crippen LogP contribution < -0.4 is 4.90 Å². The van der Waals surface area contributed by atoms with E-state index in [0.717, 1.165) is 37.4 Å². The van der Waals surface area contributed by atoms with E-state index in [0.29, 0.717) is 12.1 Å². The molecule has 0 aromatic carbocycles. The highest BCUT2D eigenvalue weighted by Crippen LogP contribution is 2.17. The number of rotatable bonds is 3. The first-order chi connectivity index (χ1) is 12.1. The summed E-state index contributed by atoms with van der Waals surface area (Å²) < 4.78 is 0. The highest BCUT2D eigenvalue weighted by molar-refractivity contribution is 7.08. The predicted octanol–water partition coefficient (Wildman–Crippen LogP) is 2.20. The van der Waals surface area contributed by atoms with Crippen LogP contribution in [0.5, 0.6) is 0 Å². The van der Waals surface area contributed by atoms with Crippen molar-refractivity contribution in [3.8, 4) is 0 Å². The molecule has 0 saturated carbocycles. The second kappa shape index (κ2) is 7.65. The monoisotopic (exact) mass is 358 g/mol. The zero-order valence-corrected chi connectivity index (χ0v) is 15.3. The van der Waals surface area contributed by atoms with Gasteiger partial charge >= 0.3 is 0 Å². The zero-order valence-electron chi connectivity index (χ0n) is 14.5. The molecule has 0 spiro atoms. The summed E-state index contributed by atoms with van der Waals surface area (Å²) in [4.78, 5) is 34.5. The fraction of sp³-hybridized carbons (Fsp3) is 0.389. The quantitative estimate of drug-likeness (QED) is 0.844. The van der Waals surface area contributed by atoms with E-state index in [1.165, 1.54) is 4.90 Å². The van der Waals surface area contributed by atoms with Crippen molar-refractivity contribution in [3.63, 3.8) is 0 Å². The second-order valence-electron chi connectivity index (χ2n) is 6.25. The normalized spacial score (nSPS) is 15.0. The Hall–Kier alpha value is -2.41. The van der Waals surface area contributed by atoms with Crippen molar-refractivity contribution in [2.45, 2.75) is 6.42 Å². The smallest absolute Gasteiger partial charge is 0.254 e. The van der Waals surface area contributed by atoms with Gasteiger partial charge in [-0.1, -0.05) is 0 Å². The van der Waals surface area contributed by atoms with Crippen LogP contribution in [0.4, 0.5) is 5.82 Å². The summed E-state index contributed by atoms with van der Waals surface area (Å²) in [6.45, 7) is 3.02. The van der Waals surface area contributed by atoms with E-state index in [4.69, 9.17) is 0 Å². The van der Waals surface area contributed by atoms with Gasteiger partial charge in [0.1, 0.15) is 5.82 Å². The second-order valence-corrected chi connectivity index (χ2v) is 7.03. The molecule has 0 unspecified atom stereocenters. The van der Waals surface area contributed by atoms with Gasteiger partial charge in [0.15, 0.2) is 0 Å². The summed E-state index contributed by atoms with van der Waals surface area (Å²) in [5, 5.41) is 3.82. The van der Waals surface area contributed by atoms with Gasteiger partial charge < -0.3 is 14.7 Å². The SMILES string of the molecule is CN(C)C(=O)c1ccc(N2CCCN(C(=O)c3ccsc3)CC2)nc1. The standard InChI is InChI=1S/C18H22N4O2S/c1-20(2)17(23)14-4-5-16(19-12-14)21-7-3-8-22(10-9-21)18(24)15-6-11-25-13-15/h4-6,11-13H,3,7-10H2,1-2H3. The molecule has 0 atom stereocenters. The molecule has 1 aliphatic heterocycles. The first-order valence-electron chi connectivity index (χ1n) is 8.30. The molecule has 1 fully saturated rings. The maximum absolute atomic E-state index is 12.5. The molecular formula is C18H22N4O2S. The Bertz CT molecular complexity index is 728. The van der Waals surface area contributed by atoms with Crippen molar-refractivity contribution in [1.29, 1.82) is 0 Å². The lowest BCUT2D eigenvalue weighted by Crippen LogP contribution is -2.35. The minimum absolute atomic E-state index is 0.0533. The van der Waals surface area contributed by atoms with Gasteiger partial charge in [-0.05, 0) is 30.0 Å². The summed E-state index contributed by atoms with van der Waals surface area (Å²) >= 11 is 1.54. The molecule has 2 aromatic rings. The number of aromatic nitrogens is 1. The van der Waals surface area contributed by atoms with Crippen molar-refractivity contribution < 1.29 is 9.59 Å². The maximum atomic E-state index is 12.5. The van der Waals surface area contributed by atoms with Crippen molar-refractivity contribution in [3.05, 3.63) is 46.3 Å². The lowest BCUT2D eigenvalue weighted by atomic mass is 10.2. The molecule has 3 rings (SSSR count). The molecule has 3 heterocycles. The van der Waals surface area contributed by atoms with Gasteiger partial charge in [-0.15, -0.1) is 0 Å². The summed E-state index contributed by atoms with van der Waals surface area (Å²) in [5.74, 6) is 0.894. The molecule has 1 saturated heterocycles. The number of carbonyl (C=O) groups excluding carboxylic acids is 2. The van der Waals surface area contributed by atoms with E-state index in [2.05, 4.69) is 9.88 Å². The molecule has 2 amide bonds. The minimum atomic E-state index is -0.0533. The maximum Gasteiger partial charge on any atom is 0.254 e. The van der Waals surface area contributed by atoms with Crippen LogP contribution in [0.2, 0.25) is 0 Å². The predicted molar refractivity (Wildman–Crippen MR) is 99.3 cm³/mol. The summed E-state index contributed by atoms with van der Waals surface area (Å²) in [6.07, 6.45) is 2.52. The van der Waals surface area contributed by atoms with Crippen LogP contribution in [0.15, 0.2) is 35.2 Å². The van der Waals surface area contributed by atoms with Crippen LogP contribution in [0.3, 0.4) is 0 Å². The summed E-state index contributed by atoms with van der Waals surface area (Å²) in [7, 11) is 3.45. The first-order valence-corrected chi connectivity index (χ1v) is 9.24. The first kappa shape index (κ1) is 17.4. The molecule has 0 radical (unpaired) electrons. The number of thiophene rings is 1. The number of hydrogen-bond donors (Lipinski definition) is 0. The third kappa shape index (κ3) is 3.99. The van der Waals surface area contributed by atoms with Gasteiger partial charge in [0.05, 0.1) is 11.1 Å². The Morgan fingerprint density at radius 1 is 1.08 bits per heavy atom. The van der Waals surface area contributed by atoms with Crippen molar-refractivity contribution in [2.75, 3.05) is 45.2 Å². The molecule has 0 N–H and O–H groups in total. The largest absolute Gasteiger partial charge is 0.355 e. The molecule has 2 aromatic heterocycles. The Labute approximate surface area is 151 Å². The zero-order chi connectivity index (χ0) is 17.8. The highest BCUT2D eigenvalue weighted by Gasteiger charge is 2.21. The average molecular weight is 358 g/mol. The van der Waals surface area contributed by atoms with E-state index in [1.807, 2.05) is 33.9 Å². The Morgan fingerprint density at radius 2 is 1.92 bits per heavy atom. The summed E-state index contributed by atoms with van der Waals surface area (Å²) in [5.41, 5.74) is 1.35. The van der Waals surface area contributed by atoms with Crippen molar-refractivity contribution in [1.82, 2.24) is 14.8 Å². The van der Waals surface area contributed by atoms with Gasteiger partial charge in [-0.3, -0.25) is 9.59 Å². The molecule has 0 bridgehead atoms. The van der Waals surface area contributed by atoms with Gasteiger partial charge in [-0.2, -0.15) is 11.3 Å². The minimum Gasteiger partial charge on any atom is -0.355 e. The molecule has 7 heteroatoms. The van der Waals surface area contributed by atoms with Crippen LogP contribution in [0, 0.1) is 0 Å². The van der Waals surface area contributed by atoms with E-state index >= 15 is 0 Å². The van der Waals surface area contributed by atoms with E-state index in [-0.39, 0.29) is 11.8 Å². The number of amides is 2. The Kier molecular flexibility index (Phi) is 5.33. The van der Waals surface area contributed by atoms with E-state index in [9.17, 15) is 9.59 Å². The molecule has 6 nitrogen and oxygen atoms in total. The average Bonchev–Trinajstić information content (AvgIpc) is 3.05. The van der Waals surface area contributed by atoms with Gasteiger partial charge in [0.25, 0.3) is 11.8 Å². The Balaban J connectivity index is 1.65. The van der Waals surface area contributed by atoms with Gasteiger partial charge in [0, 0.05) is 51.9 Å². The van der Waals surface area contributed by atoms with Crippen LogP contribution in [-0.2, 0) is 0 Å². The molecule has 1 aliphatic rings.